The van der Waals surface area contributed by atoms with E-state index in [1.165, 1.54) is 22.8 Å². The van der Waals surface area contributed by atoms with Gasteiger partial charge in [-0.3, -0.25) is 0 Å². The molecular weight excluding hydrogens is 348 g/mol. The van der Waals surface area contributed by atoms with Crippen molar-refractivity contribution in [2.75, 3.05) is 13.2 Å². The van der Waals surface area contributed by atoms with Gasteiger partial charge in [-0.05, 0) is 75.4 Å². The van der Waals surface area contributed by atoms with E-state index in [0.29, 0.717) is 13.2 Å². The molecule has 0 fully saturated rings. The second-order valence-electron chi connectivity index (χ2n) is 6.70. The lowest BCUT2D eigenvalue weighted by atomic mass is 9.96. The van der Waals surface area contributed by atoms with Crippen LogP contribution in [0.5, 0.6) is 5.75 Å². The lowest BCUT2D eigenvalue weighted by Crippen LogP contribution is -1.99. The van der Waals surface area contributed by atoms with Gasteiger partial charge in [0.25, 0.3) is 0 Å². The first kappa shape index (κ1) is 23.2. The molecule has 0 amide bonds. The number of carbonyl (C=O) groups excluding carboxylic acids is 1. The minimum atomic E-state index is -0.313. The predicted molar refractivity (Wildman–Crippen MR) is 119 cm³/mol. The van der Waals surface area contributed by atoms with Gasteiger partial charge in [-0.1, -0.05) is 48.6 Å². The van der Waals surface area contributed by atoms with Gasteiger partial charge < -0.3 is 9.47 Å². The quantitative estimate of drug-likeness (QED) is 0.221. The van der Waals surface area contributed by atoms with Crippen LogP contribution in [0.4, 0.5) is 0 Å². The number of aryl methyl sites for hydroxylation is 1. The Morgan fingerprint density at radius 2 is 1.82 bits per heavy atom. The summed E-state index contributed by atoms with van der Waals surface area (Å²) in [4.78, 5) is 11.4. The highest BCUT2D eigenvalue weighted by Gasteiger charge is 2.09. The van der Waals surface area contributed by atoms with Crippen molar-refractivity contribution in [1.29, 1.82) is 0 Å². The van der Waals surface area contributed by atoms with E-state index in [2.05, 4.69) is 45.6 Å². The standard InChI is InChI=1S/C25H32O3/c1-8-15-28-24-17-20(5)23(21(6)22(24)7)14-13-18(3)11-10-12-19(4)16-25(26)27-9-2/h8,10-14,16-17H,1,9,15H2,2-7H3/b12-10+,14-13+,18-11+,19-16+. The number of rotatable bonds is 9. The average molecular weight is 381 g/mol. The van der Waals surface area contributed by atoms with Crippen molar-refractivity contribution in [2.24, 2.45) is 0 Å². The number of hydrogen-bond acceptors (Lipinski definition) is 3. The number of benzene rings is 1. The molecule has 0 aromatic heterocycles. The molecule has 3 heteroatoms. The summed E-state index contributed by atoms with van der Waals surface area (Å²) in [6.45, 7) is 16.6. The minimum absolute atomic E-state index is 0.313. The molecule has 28 heavy (non-hydrogen) atoms. The van der Waals surface area contributed by atoms with Crippen LogP contribution in [0, 0.1) is 20.8 Å². The van der Waals surface area contributed by atoms with E-state index in [1.807, 2.05) is 32.1 Å². The molecule has 3 nitrogen and oxygen atoms in total. The van der Waals surface area contributed by atoms with E-state index in [4.69, 9.17) is 9.47 Å². The average Bonchev–Trinajstić information content (AvgIpc) is 2.63. The highest BCUT2D eigenvalue weighted by Crippen LogP contribution is 2.29. The van der Waals surface area contributed by atoms with E-state index in [-0.39, 0.29) is 5.97 Å². The third-order valence-electron chi connectivity index (χ3n) is 4.33. The Morgan fingerprint density at radius 1 is 1.11 bits per heavy atom. The van der Waals surface area contributed by atoms with E-state index in [1.54, 1.807) is 13.0 Å². The molecule has 0 radical (unpaired) electrons. The van der Waals surface area contributed by atoms with Gasteiger partial charge in [-0.25, -0.2) is 4.79 Å². The molecule has 0 heterocycles. The number of carbonyl (C=O) groups is 1. The largest absolute Gasteiger partial charge is 0.489 e. The highest BCUT2D eigenvalue weighted by molar-refractivity contribution is 5.83. The summed E-state index contributed by atoms with van der Waals surface area (Å²) >= 11 is 0. The Bertz CT molecular complexity index is 821. The summed E-state index contributed by atoms with van der Waals surface area (Å²) in [5.74, 6) is 0.596. The van der Waals surface area contributed by atoms with Crippen molar-refractivity contribution >= 4 is 12.0 Å². The molecule has 0 bridgehead atoms. The van der Waals surface area contributed by atoms with Crippen LogP contribution in [-0.2, 0) is 9.53 Å². The van der Waals surface area contributed by atoms with E-state index < -0.39 is 0 Å². The Morgan fingerprint density at radius 3 is 2.46 bits per heavy atom. The summed E-state index contributed by atoms with van der Waals surface area (Å²) in [7, 11) is 0. The van der Waals surface area contributed by atoms with Crippen LogP contribution in [-0.4, -0.2) is 19.2 Å². The Balaban J connectivity index is 2.91. The van der Waals surface area contributed by atoms with E-state index in [0.717, 1.165) is 22.5 Å². The van der Waals surface area contributed by atoms with Gasteiger partial charge in [0.1, 0.15) is 12.4 Å². The van der Waals surface area contributed by atoms with Crippen molar-refractivity contribution in [2.45, 2.75) is 41.5 Å². The second kappa shape index (κ2) is 11.8. The fourth-order valence-electron chi connectivity index (χ4n) is 2.66. The van der Waals surface area contributed by atoms with Gasteiger partial charge >= 0.3 is 5.97 Å². The molecule has 0 aliphatic rings. The summed E-state index contributed by atoms with van der Waals surface area (Å²) in [6, 6.07) is 2.08. The molecular formula is C25H32O3. The summed E-state index contributed by atoms with van der Waals surface area (Å²) in [5.41, 5.74) is 6.71. The molecule has 0 unspecified atom stereocenters. The smallest absolute Gasteiger partial charge is 0.330 e. The molecule has 0 aliphatic heterocycles. The Kier molecular flexibility index (Phi) is 9.80. The van der Waals surface area contributed by atoms with Crippen LogP contribution in [0.25, 0.3) is 6.08 Å². The fourth-order valence-corrected chi connectivity index (χ4v) is 2.66. The van der Waals surface area contributed by atoms with Crippen LogP contribution in [0.3, 0.4) is 0 Å². The maximum Gasteiger partial charge on any atom is 0.330 e. The maximum absolute atomic E-state index is 11.4. The highest BCUT2D eigenvalue weighted by atomic mass is 16.5. The number of esters is 1. The fraction of sp³-hybridized carbons (Fsp3) is 0.320. The molecule has 0 saturated carbocycles. The van der Waals surface area contributed by atoms with Crippen LogP contribution < -0.4 is 4.74 Å². The van der Waals surface area contributed by atoms with Crippen molar-refractivity contribution < 1.29 is 14.3 Å². The molecule has 0 saturated heterocycles. The number of allylic oxidation sites excluding steroid dienone is 6. The first-order chi connectivity index (χ1) is 13.3. The molecule has 0 N–H and O–H groups in total. The lowest BCUT2D eigenvalue weighted by Gasteiger charge is -2.15. The number of ether oxygens (including phenoxy) is 2. The van der Waals surface area contributed by atoms with Crippen molar-refractivity contribution in [3.05, 3.63) is 82.5 Å². The van der Waals surface area contributed by atoms with Crippen molar-refractivity contribution in [3.8, 4) is 5.75 Å². The maximum atomic E-state index is 11.4. The molecule has 0 atom stereocenters. The normalized spacial score (nSPS) is 12.6. The third-order valence-corrected chi connectivity index (χ3v) is 4.33. The van der Waals surface area contributed by atoms with Crippen LogP contribution >= 0.6 is 0 Å². The number of hydrogen-bond donors (Lipinski definition) is 0. The van der Waals surface area contributed by atoms with Gasteiger partial charge in [0.15, 0.2) is 0 Å². The first-order valence-electron chi connectivity index (χ1n) is 9.52. The van der Waals surface area contributed by atoms with Crippen molar-refractivity contribution in [1.82, 2.24) is 0 Å². The van der Waals surface area contributed by atoms with Gasteiger partial charge in [0, 0.05) is 6.08 Å². The van der Waals surface area contributed by atoms with Crippen LogP contribution in [0.15, 0.2) is 60.2 Å². The molecule has 1 aromatic carbocycles. The summed E-state index contributed by atoms with van der Waals surface area (Å²) in [6.07, 6.45) is 13.3. The monoisotopic (exact) mass is 380 g/mol. The van der Waals surface area contributed by atoms with Gasteiger partial charge in [-0.15, -0.1) is 0 Å². The zero-order valence-electron chi connectivity index (χ0n) is 18.0. The van der Waals surface area contributed by atoms with Gasteiger partial charge in [-0.2, -0.15) is 0 Å². The SMILES string of the molecule is C=CCOc1cc(C)c(/C=C/C(C)=C/C=C/C(C)=C/C(=O)OCC)c(C)c1C. The first-order valence-corrected chi connectivity index (χ1v) is 9.52. The summed E-state index contributed by atoms with van der Waals surface area (Å²) < 4.78 is 10.6. The molecule has 0 spiro atoms. The summed E-state index contributed by atoms with van der Waals surface area (Å²) in [5, 5.41) is 0. The third kappa shape index (κ3) is 7.43. The van der Waals surface area contributed by atoms with E-state index >= 15 is 0 Å². The van der Waals surface area contributed by atoms with Crippen LogP contribution in [0.1, 0.15) is 43.0 Å². The zero-order chi connectivity index (χ0) is 21.1. The lowest BCUT2D eigenvalue weighted by molar-refractivity contribution is -0.137. The molecule has 1 aromatic rings. The molecule has 1 rings (SSSR count). The molecule has 0 aliphatic carbocycles. The van der Waals surface area contributed by atoms with Crippen molar-refractivity contribution in [3.63, 3.8) is 0 Å². The minimum Gasteiger partial charge on any atom is -0.489 e. The van der Waals surface area contributed by atoms with Gasteiger partial charge in [0.2, 0.25) is 0 Å². The Labute approximate surface area is 169 Å². The zero-order valence-corrected chi connectivity index (χ0v) is 18.0. The topological polar surface area (TPSA) is 35.5 Å². The Hall–Kier alpha value is -2.81. The van der Waals surface area contributed by atoms with E-state index in [9.17, 15) is 4.79 Å². The predicted octanol–water partition coefficient (Wildman–Crippen LogP) is 6.20. The van der Waals surface area contributed by atoms with Gasteiger partial charge in [0.05, 0.1) is 6.61 Å². The molecule has 150 valence electrons. The van der Waals surface area contributed by atoms with Crippen LogP contribution in [0.2, 0.25) is 0 Å². The second-order valence-corrected chi connectivity index (χ2v) is 6.70.